The van der Waals surface area contributed by atoms with Gasteiger partial charge < -0.3 is 14.5 Å². The molecule has 1 heterocycles. The van der Waals surface area contributed by atoms with Crippen molar-refractivity contribution in [2.24, 2.45) is 5.92 Å². The predicted molar refractivity (Wildman–Crippen MR) is 121 cm³/mol. The lowest BCUT2D eigenvalue weighted by molar-refractivity contribution is -0.135. The van der Waals surface area contributed by atoms with E-state index in [1.165, 1.54) is 24.1 Å². The van der Waals surface area contributed by atoms with Crippen molar-refractivity contribution in [2.45, 2.75) is 32.4 Å². The number of amides is 1. The molecule has 0 N–H and O–H groups in total. The molecule has 1 atom stereocenters. The summed E-state index contributed by atoms with van der Waals surface area (Å²) < 4.78 is 5.35. The molecule has 0 aromatic heterocycles. The Labute approximate surface area is 180 Å². The first-order valence-corrected chi connectivity index (χ1v) is 11.1. The summed E-state index contributed by atoms with van der Waals surface area (Å²) in [6.07, 6.45) is 2.50. The Morgan fingerprint density at radius 1 is 1.07 bits per heavy atom. The fraction of sp³-hybridized carbons (Fsp3) is 0.480. The third kappa shape index (κ3) is 5.14. The first-order valence-electron chi connectivity index (χ1n) is 11.1. The van der Waals surface area contributed by atoms with Gasteiger partial charge in [-0.3, -0.25) is 9.69 Å². The minimum Gasteiger partial charge on any atom is -0.497 e. The summed E-state index contributed by atoms with van der Waals surface area (Å²) in [6.45, 7) is 7.10. The van der Waals surface area contributed by atoms with Gasteiger partial charge in [-0.1, -0.05) is 36.4 Å². The van der Waals surface area contributed by atoms with Gasteiger partial charge in [-0.05, 0) is 43.4 Å². The van der Waals surface area contributed by atoms with Gasteiger partial charge in [0.1, 0.15) is 5.75 Å². The highest BCUT2D eigenvalue weighted by Gasteiger charge is 2.35. The van der Waals surface area contributed by atoms with E-state index >= 15 is 0 Å². The Bertz CT molecular complexity index is 829. The van der Waals surface area contributed by atoms with Gasteiger partial charge in [0.25, 0.3) is 0 Å². The number of hydrogen-bond donors (Lipinski definition) is 0. The zero-order valence-electron chi connectivity index (χ0n) is 18.2. The maximum absolute atomic E-state index is 13.3. The first kappa shape index (κ1) is 20.7. The highest BCUT2D eigenvalue weighted by molar-refractivity contribution is 5.78. The summed E-state index contributed by atoms with van der Waals surface area (Å²) in [4.78, 5) is 20.1. The number of benzene rings is 2. The molecule has 5 nitrogen and oxygen atoms in total. The topological polar surface area (TPSA) is 36.0 Å². The number of piperazine rings is 1. The molecule has 30 heavy (non-hydrogen) atoms. The van der Waals surface area contributed by atoms with E-state index in [2.05, 4.69) is 58.0 Å². The van der Waals surface area contributed by atoms with Crippen molar-refractivity contribution in [1.82, 2.24) is 9.80 Å². The fourth-order valence-corrected chi connectivity index (χ4v) is 4.33. The molecule has 2 aromatic carbocycles. The van der Waals surface area contributed by atoms with Crippen LogP contribution in [0.2, 0.25) is 0 Å². The second-order valence-electron chi connectivity index (χ2n) is 8.55. The summed E-state index contributed by atoms with van der Waals surface area (Å²) in [5.41, 5.74) is 2.40. The molecule has 1 saturated heterocycles. The van der Waals surface area contributed by atoms with Crippen LogP contribution >= 0.6 is 0 Å². The predicted octanol–water partition coefficient (Wildman–Crippen LogP) is 3.64. The van der Waals surface area contributed by atoms with Gasteiger partial charge in [0.15, 0.2) is 0 Å². The number of nitrogens with zero attached hydrogens (tertiary/aromatic N) is 3. The maximum Gasteiger partial charge on any atom is 0.237 e. The van der Waals surface area contributed by atoms with E-state index in [0.717, 1.165) is 31.9 Å². The van der Waals surface area contributed by atoms with Crippen molar-refractivity contribution in [3.63, 3.8) is 0 Å². The van der Waals surface area contributed by atoms with E-state index in [9.17, 15) is 4.79 Å². The van der Waals surface area contributed by atoms with Crippen molar-refractivity contribution in [2.75, 3.05) is 44.7 Å². The van der Waals surface area contributed by atoms with Gasteiger partial charge in [0, 0.05) is 50.5 Å². The summed E-state index contributed by atoms with van der Waals surface area (Å²) in [7, 11) is 1.70. The molecule has 160 valence electrons. The van der Waals surface area contributed by atoms with Crippen molar-refractivity contribution in [1.29, 1.82) is 0 Å². The van der Waals surface area contributed by atoms with E-state index in [4.69, 9.17) is 4.74 Å². The summed E-state index contributed by atoms with van der Waals surface area (Å²) in [5.74, 6) is 1.81. The summed E-state index contributed by atoms with van der Waals surface area (Å²) in [6, 6.07) is 18.9. The number of hydrogen-bond acceptors (Lipinski definition) is 4. The zero-order valence-corrected chi connectivity index (χ0v) is 18.2. The average molecular weight is 408 g/mol. The van der Waals surface area contributed by atoms with Gasteiger partial charge >= 0.3 is 0 Å². The number of anilines is 1. The Morgan fingerprint density at radius 2 is 1.80 bits per heavy atom. The molecule has 2 aliphatic rings. The molecule has 2 aromatic rings. The quantitative estimate of drug-likeness (QED) is 0.669. The molecular formula is C25H33N3O2. The maximum atomic E-state index is 13.3. The molecule has 0 unspecified atom stereocenters. The second-order valence-corrected chi connectivity index (χ2v) is 8.55. The zero-order chi connectivity index (χ0) is 20.9. The summed E-state index contributed by atoms with van der Waals surface area (Å²) in [5, 5.41) is 0. The number of rotatable bonds is 8. The van der Waals surface area contributed by atoms with E-state index in [1.54, 1.807) is 7.11 Å². The van der Waals surface area contributed by atoms with E-state index in [0.29, 0.717) is 25.0 Å². The number of ether oxygens (including phenoxy) is 1. The van der Waals surface area contributed by atoms with Crippen LogP contribution in [0, 0.1) is 5.92 Å². The monoisotopic (exact) mass is 407 g/mol. The molecule has 1 amide bonds. The molecule has 2 fully saturated rings. The fourth-order valence-electron chi connectivity index (χ4n) is 4.33. The lowest BCUT2D eigenvalue weighted by Gasteiger charge is -2.37. The molecule has 1 saturated carbocycles. The van der Waals surface area contributed by atoms with Crippen LogP contribution < -0.4 is 9.64 Å². The van der Waals surface area contributed by atoms with Gasteiger partial charge in [0.05, 0.1) is 13.7 Å². The van der Waals surface area contributed by atoms with Gasteiger partial charge in [-0.25, -0.2) is 0 Å². The highest BCUT2D eigenvalue weighted by Crippen LogP contribution is 2.35. The van der Waals surface area contributed by atoms with E-state index < -0.39 is 0 Å². The van der Waals surface area contributed by atoms with Gasteiger partial charge in [0.2, 0.25) is 5.91 Å². The minimum atomic E-state index is 0.257. The van der Waals surface area contributed by atoms with Crippen molar-refractivity contribution >= 4 is 11.6 Å². The lowest BCUT2D eigenvalue weighted by Crippen LogP contribution is -2.51. The van der Waals surface area contributed by atoms with Gasteiger partial charge in [-0.2, -0.15) is 0 Å². The second kappa shape index (κ2) is 9.52. The number of carbonyl (C=O) groups excluding carboxylic acids is 1. The number of methoxy groups -OCH3 is 1. The van der Waals surface area contributed by atoms with Crippen LogP contribution in [-0.4, -0.2) is 61.6 Å². The van der Waals surface area contributed by atoms with Crippen LogP contribution in [0.1, 0.15) is 25.3 Å². The Hall–Kier alpha value is -2.53. The lowest BCUT2D eigenvalue weighted by atomic mass is 10.1. The van der Waals surface area contributed by atoms with Crippen LogP contribution in [-0.2, 0) is 11.3 Å². The normalized spacial score (nSPS) is 18.1. The first-order chi connectivity index (χ1) is 14.6. The van der Waals surface area contributed by atoms with Crippen molar-refractivity contribution in [3.05, 3.63) is 60.2 Å². The molecule has 1 aliphatic heterocycles. The molecule has 1 aliphatic carbocycles. The average Bonchev–Trinajstić information content (AvgIpc) is 3.64. The molecule has 0 bridgehead atoms. The standard InChI is InChI=1S/C25H33N3O2/c1-20(22-11-12-22)28(18-21-7-4-3-5-8-21)25(29)19-26-13-15-27(16-14-26)23-9-6-10-24(17-23)30-2/h3-10,17,20,22H,11-16,18-19H2,1-2H3/t20-/m0/s1. The van der Waals surface area contributed by atoms with Crippen molar-refractivity contribution in [3.8, 4) is 5.75 Å². The van der Waals surface area contributed by atoms with Crippen molar-refractivity contribution < 1.29 is 9.53 Å². The summed E-state index contributed by atoms with van der Waals surface area (Å²) >= 11 is 0. The smallest absolute Gasteiger partial charge is 0.237 e. The van der Waals surface area contributed by atoms with E-state index in [-0.39, 0.29) is 5.91 Å². The molecule has 0 radical (unpaired) electrons. The Kier molecular flexibility index (Phi) is 6.58. The highest BCUT2D eigenvalue weighted by atomic mass is 16.5. The minimum absolute atomic E-state index is 0.257. The van der Waals surface area contributed by atoms with Crippen LogP contribution in [0.5, 0.6) is 5.75 Å². The Balaban J connectivity index is 1.35. The molecule has 5 heteroatoms. The molecular weight excluding hydrogens is 374 g/mol. The third-order valence-electron chi connectivity index (χ3n) is 6.46. The Morgan fingerprint density at radius 3 is 2.47 bits per heavy atom. The van der Waals surface area contributed by atoms with Crippen LogP contribution in [0.15, 0.2) is 54.6 Å². The van der Waals surface area contributed by atoms with Crippen LogP contribution in [0.25, 0.3) is 0 Å². The molecule has 0 spiro atoms. The van der Waals surface area contributed by atoms with E-state index in [1.807, 2.05) is 18.2 Å². The number of carbonyl (C=O) groups is 1. The third-order valence-corrected chi connectivity index (χ3v) is 6.46. The van der Waals surface area contributed by atoms with Crippen LogP contribution in [0.4, 0.5) is 5.69 Å². The molecule has 4 rings (SSSR count). The van der Waals surface area contributed by atoms with Crippen LogP contribution in [0.3, 0.4) is 0 Å². The largest absolute Gasteiger partial charge is 0.497 e. The SMILES string of the molecule is COc1cccc(N2CCN(CC(=O)N(Cc3ccccc3)[C@@H](C)C3CC3)CC2)c1. The van der Waals surface area contributed by atoms with Gasteiger partial charge in [-0.15, -0.1) is 0 Å².